The van der Waals surface area contributed by atoms with Crippen LogP contribution in [0.1, 0.15) is 0 Å². The van der Waals surface area contributed by atoms with Crippen molar-refractivity contribution in [2.24, 2.45) is 0 Å². The van der Waals surface area contributed by atoms with E-state index in [-0.39, 0.29) is 0 Å². The lowest BCUT2D eigenvalue weighted by Gasteiger charge is -2.04. The zero-order chi connectivity index (χ0) is 21.1. The van der Waals surface area contributed by atoms with Gasteiger partial charge >= 0.3 is 0 Å². The number of hydrogen-bond acceptors (Lipinski definition) is 2. The molecule has 0 spiro atoms. The quantitative estimate of drug-likeness (QED) is 0.268. The Bertz CT molecular complexity index is 1770. The van der Waals surface area contributed by atoms with Crippen molar-refractivity contribution < 1.29 is 4.42 Å². The van der Waals surface area contributed by atoms with Crippen molar-refractivity contribution in [3.63, 3.8) is 0 Å². The van der Waals surface area contributed by atoms with Gasteiger partial charge in [-0.25, -0.2) is 0 Å². The maximum atomic E-state index is 6.02. The molecule has 1 nitrogen and oxygen atoms in total. The van der Waals surface area contributed by atoms with Crippen LogP contribution in [0.5, 0.6) is 0 Å². The normalized spacial score (nSPS) is 11.8. The maximum Gasteiger partial charge on any atom is 0.135 e. The highest BCUT2D eigenvalue weighted by molar-refractivity contribution is 7.25. The third-order valence-electron chi connectivity index (χ3n) is 6.29. The molecule has 7 aromatic rings. The van der Waals surface area contributed by atoms with Gasteiger partial charge in [-0.1, -0.05) is 66.7 Å². The van der Waals surface area contributed by atoms with Crippen molar-refractivity contribution in [1.29, 1.82) is 0 Å². The number of furan rings is 1. The Labute approximate surface area is 189 Å². The van der Waals surface area contributed by atoms with E-state index in [1.807, 2.05) is 23.5 Å². The number of fused-ring (bicyclic) bond motifs is 6. The van der Waals surface area contributed by atoms with Crippen LogP contribution < -0.4 is 0 Å². The molecule has 32 heavy (non-hydrogen) atoms. The van der Waals surface area contributed by atoms with E-state index in [1.54, 1.807) is 0 Å². The van der Waals surface area contributed by atoms with Gasteiger partial charge in [-0.05, 0) is 64.7 Å². The summed E-state index contributed by atoms with van der Waals surface area (Å²) in [6.07, 6.45) is 0. The molecule has 0 atom stereocenters. The lowest BCUT2D eigenvalue weighted by atomic mass is 9.99. The second kappa shape index (κ2) is 6.81. The highest BCUT2D eigenvalue weighted by Crippen LogP contribution is 2.39. The van der Waals surface area contributed by atoms with Gasteiger partial charge in [0.2, 0.25) is 0 Å². The first-order chi connectivity index (χ1) is 15.8. The molecule has 0 bridgehead atoms. The first-order valence-corrected chi connectivity index (χ1v) is 11.6. The summed E-state index contributed by atoms with van der Waals surface area (Å²) in [5.41, 5.74) is 6.83. The van der Waals surface area contributed by atoms with Crippen molar-refractivity contribution in [1.82, 2.24) is 0 Å². The molecule has 0 fully saturated rings. The van der Waals surface area contributed by atoms with Crippen LogP contribution in [-0.2, 0) is 0 Å². The van der Waals surface area contributed by atoms with E-state index < -0.39 is 0 Å². The van der Waals surface area contributed by atoms with E-state index in [0.717, 1.165) is 11.2 Å². The Morgan fingerprint density at radius 2 is 0.969 bits per heavy atom. The molecule has 0 aliphatic carbocycles. The van der Waals surface area contributed by atoms with E-state index in [4.69, 9.17) is 4.42 Å². The molecule has 2 heteroatoms. The number of benzene rings is 5. The van der Waals surface area contributed by atoms with Gasteiger partial charge in [-0.15, -0.1) is 11.3 Å². The van der Waals surface area contributed by atoms with E-state index in [0.29, 0.717) is 0 Å². The summed E-state index contributed by atoms with van der Waals surface area (Å²) >= 11 is 1.86. The van der Waals surface area contributed by atoms with E-state index >= 15 is 0 Å². The molecule has 0 radical (unpaired) electrons. The minimum atomic E-state index is 0.935. The molecule has 0 amide bonds. The Balaban J connectivity index is 1.42. The zero-order valence-electron chi connectivity index (χ0n) is 17.2. The zero-order valence-corrected chi connectivity index (χ0v) is 18.0. The van der Waals surface area contributed by atoms with Gasteiger partial charge in [0.1, 0.15) is 11.2 Å². The Morgan fingerprint density at radius 1 is 0.406 bits per heavy atom. The smallest absolute Gasteiger partial charge is 0.135 e. The topological polar surface area (TPSA) is 13.1 Å². The molecule has 2 aromatic heterocycles. The maximum absolute atomic E-state index is 6.02. The predicted octanol–water partition coefficient (Wildman–Crippen LogP) is 9.29. The Hall–Kier alpha value is -3.88. The van der Waals surface area contributed by atoms with Crippen LogP contribution in [0.3, 0.4) is 0 Å². The van der Waals surface area contributed by atoms with Crippen LogP contribution in [0.4, 0.5) is 0 Å². The molecule has 0 unspecified atom stereocenters. The SMILES string of the molecule is c1ccc(-c2ccc3sc4ccc(-c5ccc6oc7ccccc7c6c5)cc4c3c2)cc1. The van der Waals surface area contributed by atoms with E-state index in [1.165, 1.54) is 53.2 Å². The molecular formula is C30H18OS. The summed E-state index contributed by atoms with van der Waals surface area (Å²) in [6, 6.07) is 39.0. The molecule has 0 saturated carbocycles. The van der Waals surface area contributed by atoms with Crippen molar-refractivity contribution in [3.8, 4) is 22.3 Å². The summed E-state index contributed by atoms with van der Waals surface area (Å²) in [4.78, 5) is 0. The second-order valence-electron chi connectivity index (χ2n) is 8.20. The lowest BCUT2D eigenvalue weighted by molar-refractivity contribution is 0.669. The Morgan fingerprint density at radius 3 is 1.72 bits per heavy atom. The van der Waals surface area contributed by atoms with Gasteiger partial charge in [0.15, 0.2) is 0 Å². The molecule has 2 heterocycles. The van der Waals surface area contributed by atoms with E-state index in [9.17, 15) is 0 Å². The van der Waals surface area contributed by atoms with Crippen molar-refractivity contribution >= 4 is 53.4 Å². The van der Waals surface area contributed by atoms with Crippen molar-refractivity contribution in [3.05, 3.63) is 109 Å². The molecular weight excluding hydrogens is 408 g/mol. The number of para-hydroxylation sites is 1. The highest BCUT2D eigenvalue weighted by Gasteiger charge is 2.11. The molecule has 7 rings (SSSR count). The summed E-state index contributed by atoms with van der Waals surface area (Å²) < 4.78 is 8.67. The minimum Gasteiger partial charge on any atom is -0.456 e. The van der Waals surface area contributed by atoms with Crippen LogP contribution in [0.25, 0.3) is 64.4 Å². The van der Waals surface area contributed by atoms with Crippen LogP contribution in [-0.4, -0.2) is 0 Å². The largest absolute Gasteiger partial charge is 0.456 e. The standard InChI is InChI=1S/C30H18OS/c1-2-6-19(7-3-1)20-11-14-29-25(17-20)26-18-22(12-15-30(26)32-29)21-10-13-28-24(16-21)23-8-4-5-9-27(23)31-28/h1-18H. The lowest BCUT2D eigenvalue weighted by Crippen LogP contribution is -1.79. The van der Waals surface area contributed by atoms with Crippen molar-refractivity contribution in [2.45, 2.75) is 0 Å². The monoisotopic (exact) mass is 426 g/mol. The highest BCUT2D eigenvalue weighted by atomic mass is 32.1. The van der Waals surface area contributed by atoms with Crippen LogP contribution >= 0.6 is 11.3 Å². The third-order valence-corrected chi connectivity index (χ3v) is 7.44. The summed E-state index contributed by atoms with van der Waals surface area (Å²) in [5.74, 6) is 0. The minimum absolute atomic E-state index is 0.935. The first-order valence-electron chi connectivity index (χ1n) is 10.8. The number of rotatable bonds is 2. The molecule has 0 aliphatic heterocycles. The van der Waals surface area contributed by atoms with Crippen LogP contribution in [0.15, 0.2) is 114 Å². The summed E-state index contributed by atoms with van der Waals surface area (Å²) in [7, 11) is 0. The predicted molar refractivity (Wildman–Crippen MR) is 137 cm³/mol. The average Bonchev–Trinajstić information content (AvgIpc) is 3.41. The second-order valence-corrected chi connectivity index (χ2v) is 9.28. The van der Waals surface area contributed by atoms with Gasteiger partial charge in [0.25, 0.3) is 0 Å². The third kappa shape index (κ3) is 2.70. The van der Waals surface area contributed by atoms with Gasteiger partial charge in [-0.3, -0.25) is 0 Å². The molecule has 0 aliphatic rings. The fourth-order valence-electron chi connectivity index (χ4n) is 4.67. The molecule has 150 valence electrons. The van der Waals surface area contributed by atoms with Gasteiger partial charge in [-0.2, -0.15) is 0 Å². The molecule has 5 aromatic carbocycles. The fraction of sp³-hybridized carbons (Fsp3) is 0. The molecule has 0 saturated heterocycles. The molecule has 0 N–H and O–H groups in total. The summed E-state index contributed by atoms with van der Waals surface area (Å²) in [6.45, 7) is 0. The first kappa shape index (κ1) is 17.8. The van der Waals surface area contributed by atoms with Gasteiger partial charge < -0.3 is 4.42 Å². The fourth-order valence-corrected chi connectivity index (χ4v) is 5.74. The number of hydrogen-bond donors (Lipinski definition) is 0. The number of thiophene rings is 1. The van der Waals surface area contributed by atoms with E-state index in [2.05, 4.69) is 97.1 Å². The Kier molecular flexibility index (Phi) is 3.78. The average molecular weight is 427 g/mol. The van der Waals surface area contributed by atoms with Crippen molar-refractivity contribution in [2.75, 3.05) is 0 Å². The van der Waals surface area contributed by atoms with Gasteiger partial charge in [0.05, 0.1) is 0 Å². The van der Waals surface area contributed by atoms with Crippen LogP contribution in [0, 0.1) is 0 Å². The summed E-state index contributed by atoms with van der Waals surface area (Å²) in [5, 5.41) is 4.97. The van der Waals surface area contributed by atoms with Crippen LogP contribution in [0.2, 0.25) is 0 Å². The van der Waals surface area contributed by atoms with Gasteiger partial charge in [0, 0.05) is 30.9 Å².